The van der Waals surface area contributed by atoms with E-state index in [0.717, 1.165) is 30.6 Å². The normalized spacial score (nSPS) is 36.8. The SMILES string of the molecule is CCNC1CCC(CC)CC1N1CCCCCC1CC. The molecule has 2 rings (SSSR count). The molecule has 1 heterocycles. The fourth-order valence-electron chi connectivity index (χ4n) is 4.54. The fourth-order valence-corrected chi connectivity index (χ4v) is 4.54. The van der Waals surface area contributed by atoms with Crippen LogP contribution in [0.25, 0.3) is 0 Å². The van der Waals surface area contributed by atoms with Gasteiger partial charge in [-0.05, 0) is 57.5 Å². The van der Waals surface area contributed by atoms with E-state index in [1.54, 1.807) is 0 Å². The Labute approximate surface area is 126 Å². The maximum atomic E-state index is 3.80. The van der Waals surface area contributed by atoms with Crippen molar-refractivity contribution in [3.8, 4) is 0 Å². The van der Waals surface area contributed by atoms with Crippen LogP contribution < -0.4 is 5.32 Å². The van der Waals surface area contributed by atoms with Crippen LogP contribution in [0.1, 0.15) is 78.6 Å². The molecule has 118 valence electrons. The van der Waals surface area contributed by atoms with Crippen LogP contribution in [-0.4, -0.2) is 36.1 Å². The molecule has 1 aliphatic heterocycles. The highest BCUT2D eigenvalue weighted by atomic mass is 15.2. The predicted octanol–water partition coefficient (Wildman–Crippen LogP) is 4.20. The van der Waals surface area contributed by atoms with Gasteiger partial charge in [-0.3, -0.25) is 4.90 Å². The molecule has 4 unspecified atom stereocenters. The van der Waals surface area contributed by atoms with E-state index in [0.29, 0.717) is 0 Å². The zero-order valence-electron chi connectivity index (χ0n) is 14.0. The third-order valence-corrected chi connectivity index (χ3v) is 5.79. The monoisotopic (exact) mass is 280 g/mol. The van der Waals surface area contributed by atoms with E-state index in [4.69, 9.17) is 0 Å². The summed E-state index contributed by atoms with van der Waals surface area (Å²) in [7, 11) is 0. The summed E-state index contributed by atoms with van der Waals surface area (Å²) in [5, 5.41) is 3.80. The number of hydrogen-bond donors (Lipinski definition) is 1. The maximum Gasteiger partial charge on any atom is 0.0254 e. The van der Waals surface area contributed by atoms with Crippen LogP contribution in [0.2, 0.25) is 0 Å². The smallest absolute Gasteiger partial charge is 0.0254 e. The molecule has 2 heteroatoms. The van der Waals surface area contributed by atoms with Crippen molar-refractivity contribution in [2.75, 3.05) is 13.1 Å². The highest BCUT2D eigenvalue weighted by Gasteiger charge is 2.36. The molecule has 1 saturated carbocycles. The van der Waals surface area contributed by atoms with E-state index in [-0.39, 0.29) is 0 Å². The number of nitrogens with zero attached hydrogens (tertiary/aromatic N) is 1. The van der Waals surface area contributed by atoms with Crippen LogP contribution in [0, 0.1) is 5.92 Å². The first kappa shape index (κ1) is 16.3. The van der Waals surface area contributed by atoms with Crippen molar-refractivity contribution >= 4 is 0 Å². The minimum Gasteiger partial charge on any atom is -0.313 e. The van der Waals surface area contributed by atoms with Gasteiger partial charge in [0, 0.05) is 18.1 Å². The summed E-state index contributed by atoms with van der Waals surface area (Å²) in [6.07, 6.45) is 12.7. The zero-order valence-corrected chi connectivity index (χ0v) is 14.0. The van der Waals surface area contributed by atoms with Crippen molar-refractivity contribution in [3.05, 3.63) is 0 Å². The highest BCUT2D eigenvalue weighted by Crippen LogP contribution is 2.33. The summed E-state index contributed by atoms with van der Waals surface area (Å²) in [5.41, 5.74) is 0. The lowest BCUT2D eigenvalue weighted by molar-refractivity contribution is 0.0593. The van der Waals surface area contributed by atoms with Gasteiger partial charge in [0.2, 0.25) is 0 Å². The third-order valence-electron chi connectivity index (χ3n) is 5.79. The van der Waals surface area contributed by atoms with Crippen LogP contribution in [-0.2, 0) is 0 Å². The fraction of sp³-hybridized carbons (Fsp3) is 1.00. The number of rotatable bonds is 5. The molecule has 1 aliphatic carbocycles. The van der Waals surface area contributed by atoms with Gasteiger partial charge in [-0.1, -0.05) is 40.0 Å². The minimum atomic E-state index is 0.745. The molecule has 0 aromatic heterocycles. The summed E-state index contributed by atoms with van der Waals surface area (Å²) in [4.78, 5) is 2.92. The van der Waals surface area contributed by atoms with Crippen molar-refractivity contribution in [2.24, 2.45) is 5.92 Å². The highest BCUT2D eigenvalue weighted by molar-refractivity contribution is 4.93. The molecule has 0 aromatic carbocycles. The van der Waals surface area contributed by atoms with Gasteiger partial charge >= 0.3 is 0 Å². The molecule has 0 aromatic rings. The molecule has 0 spiro atoms. The Kier molecular flexibility index (Phi) is 6.83. The van der Waals surface area contributed by atoms with Gasteiger partial charge in [-0.15, -0.1) is 0 Å². The molecule has 0 amide bonds. The van der Waals surface area contributed by atoms with E-state index in [1.807, 2.05) is 0 Å². The van der Waals surface area contributed by atoms with Gasteiger partial charge < -0.3 is 5.32 Å². The topological polar surface area (TPSA) is 15.3 Å². The maximum absolute atomic E-state index is 3.80. The molecule has 1 N–H and O–H groups in total. The largest absolute Gasteiger partial charge is 0.313 e. The quantitative estimate of drug-likeness (QED) is 0.812. The molecule has 0 bridgehead atoms. The number of likely N-dealkylation sites (N-methyl/N-ethyl adjacent to an activating group) is 1. The van der Waals surface area contributed by atoms with Crippen molar-refractivity contribution in [1.29, 1.82) is 0 Å². The Morgan fingerprint density at radius 3 is 2.50 bits per heavy atom. The standard InChI is InChI=1S/C18H36N2/c1-4-15-11-12-17(19-6-3)18(14-15)20-13-9-7-8-10-16(20)5-2/h15-19H,4-14H2,1-3H3. The zero-order chi connectivity index (χ0) is 14.4. The van der Waals surface area contributed by atoms with Crippen LogP contribution in [0.15, 0.2) is 0 Å². The van der Waals surface area contributed by atoms with Gasteiger partial charge in [0.15, 0.2) is 0 Å². The van der Waals surface area contributed by atoms with Gasteiger partial charge in [0.05, 0.1) is 0 Å². The number of likely N-dealkylation sites (tertiary alicyclic amines) is 1. The summed E-state index contributed by atoms with van der Waals surface area (Å²) in [5.74, 6) is 0.968. The second-order valence-corrected chi connectivity index (χ2v) is 6.97. The average molecular weight is 280 g/mol. The number of hydrogen-bond acceptors (Lipinski definition) is 2. The van der Waals surface area contributed by atoms with Gasteiger partial charge in [-0.2, -0.15) is 0 Å². The molecule has 0 radical (unpaired) electrons. The molecule has 2 fully saturated rings. The van der Waals surface area contributed by atoms with Crippen LogP contribution in [0.4, 0.5) is 0 Å². The van der Waals surface area contributed by atoms with Gasteiger partial charge in [-0.25, -0.2) is 0 Å². The van der Waals surface area contributed by atoms with Crippen LogP contribution in [0.5, 0.6) is 0 Å². The molecule has 20 heavy (non-hydrogen) atoms. The molecule has 2 nitrogen and oxygen atoms in total. The van der Waals surface area contributed by atoms with E-state index < -0.39 is 0 Å². The lowest BCUT2D eigenvalue weighted by Gasteiger charge is -2.46. The summed E-state index contributed by atoms with van der Waals surface area (Å²) in [6.45, 7) is 9.52. The molecule has 1 saturated heterocycles. The lowest BCUT2D eigenvalue weighted by Crippen LogP contribution is -2.56. The van der Waals surface area contributed by atoms with Crippen molar-refractivity contribution in [2.45, 2.75) is 96.7 Å². The molecule has 2 aliphatic rings. The lowest BCUT2D eigenvalue weighted by atomic mass is 9.79. The Morgan fingerprint density at radius 1 is 0.950 bits per heavy atom. The van der Waals surface area contributed by atoms with Crippen molar-refractivity contribution < 1.29 is 0 Å². The Hall–Kier alpha value is -0.0800. The Morgan fingerprint density at radius 2 is 1.80 bits per heavy atom. The van der Waals surface area contributed by atoms with Crippen LogP contribution >= 0.6 is 0 Å². The first-order chi connectivity index (χ1) is 9.80. The van der Waals surface area contributed by atoms with Crippen molar-refractivity contribution in [3.63, 3.8) is 0 Å². The van der Waals surface area contributed by atoms with Crippen molar-refractivity contribution in [1.82, 2.24) is 10.2 Å². The van der Waals surface area contributed by atoms with E-state index in [2.05, 4.69) is 31.0 Å². The minimum absolute atomic E-state index is 0.745. The van der Waals surface area contributed by atoms with E-state index in [1.165, 1.54) is 64.3 Å². The first-order valence-electron chi connectivity index (χ1n) is 9.29. The summed E-state index contributed by atoms with van der Waals surface area (Å²) >= 11 is 0. The predicted molar refractivity (Wildman–Crippen MR) is 88.1 cm³/mol. The molecule has 4 atom stereocenters. The third kappa shape index (κ3) is 3.98. The Balaban J connectivity index is 2.09. The number of nitrogens with one attached hydrogen (secondary N) is 1. The van der Waals surface area contributed by atoms with E-state index >= 15 is 0 Å². The van der Waals surface area contributed by atoms with Gasteiger partial charge in [0.25, 0.3) is 0 Å². The first-order valence-corrected chi connectivity index (χ1v) is 9.29. The average Bonchev–Trinajstić information content (AvgIpc) is 2.73. The van der Waals surface area contributed by atoms with Crippen LogP contribution in [0.3, 0.4) is 0 Å². The summed E-state index contributed by atoms with van der Waals surface area (Å²) in [6, 6.07) is 2.39. The summed E-state index contributed by atoms with van der Waals surface area (Å²) < 4.78 is 0. The second-order valence-electron chi connectivity index (χ2n) is 6.97. The second kappa shape index (κ2) is 8.38. The van der Waals surface area contributed by atoms with Gasteiger partial charge in [0.1, 0.15) is 0 Å². The molecular weight excluding hydrogens is 244 g/mol. The van der Waals surface area contributed by atoms with E-state index in [9.17, 15) is 0 Å². The molecular formula is C18H36N2. The Bertz CT molecular complexity index is 266.